The maximum Gasteiger partial charge on any atom is 0.347 e. The number of hydrogen-bond donors (Lipinski definition) is 3. The Balaban J connectivity index is 1.87. The zero-order valence-electron chi connectivity index (χ0n) is 27.0. The van der Waals surface area contributed by atoms with E-state index in [0.717, 1.165) is 5.56 Å². The standard InChI is InChI=1S/C35H45ClN2O8/c1-21(2)15-31-35(43)45-26(18-29(39)22(3)11-12-24-9-7-6-8-10-24)19-32(40)38-28(33(41)37-20-23(4)34(42)46-31)17-25-13-14-30(44-5)27(36)16-25/h6-14,16,21-23,26,28-29,31,39H,15,17-20H2,1-5H3,(H,37,41)(H,38,40). The number of rotatable bonds is 10. The average molecular weight is 657 g/mol. The molecule has 1 heterocycles. The molecule has 3 N–H and O–H groups in total. The van der Waals surface area contributed by atoms with Crippen LogP contribution in [0.3, 0.4) is 0 Å². The SMILES string of the molecule is COc1ccc(CC2NC(=O)CC(CC(O)C(C)C=Cc3ccccc3)OC(=O)C(CC(C)C)OC(=O)C(C)CNC2=O)cc1Cl. The molecule has 0 aromatic heterocycles. The minimum absolute atomic E-state index is 0.0121. The third kappa shape index (κ3) is 11.5. The van der Waals surface area contributed by atoms with E-state index < -0.39 is 54.0 Å². The molecule has 6 atom stereocenters. The molecule has 0 saturated carbocycles. The van der Waals surface area contributed by atoms with Gasteiger partial charge in [-0.05, 0) is 35.6 Å². The second-order valence-corrected chi connectivity index (χ2v) is 12.6. The van der Waals surface area contributed by atoms with Crippen LogP contribution in [-0.2, 0) is 35.1 Å². The van der Waals surface area contributed by atoms with Gasteiger partial charge in [-0.15, -0.1) is 0 Å². The van der Waals surface area contributed by atoms with Crippen LogP contribution in [0.5, 0.6) is 5.75 Å². The summed E-state index contributed by atoms with van der Waals surface area (Å²) < 4.78 is 16.6. The Morgan fingerprint density at radius 3 is 2.39 bits per heavy atom. The molecule has 46 heavy (non-hydrogen) atoms. The van der Waals surface area contributed by atoms with Crippen LogP contribution in [0.1, 0.15) is 58.1 Å². The normalized spacial score (nSPS) is 23.1. The van der Waals surface area contributed by atoms with E-state index in [-0.39, 0.29) is 44.1 Å². The van der Waals surface area contributed by atoms with Crippen molar-refractivity contribution in [2.24, 2.45) is 17.8 Å². The molecule has 0 spiro atoms. The first-order chi connectivity index (χ1) is 21.9. The Kier molecular flexibility index (Phi) is 14.1. The quantitative estimate of drug-likeness (QED) is 0.318. The lowest BCUT2D eigenvalue weighted by atomic mass is 9.96. The predicted molar refractivity (Wildman–Crippen MR) is 175 cm³/mol. The number of carbonyl (C=O) groups is 4. The van der Waals surface area contributed by atoms with Gasteiger partial charge in [-0.25, -0.2) is 4.79 Å². The van der Waals surface area contributed by atoms with Crippen molar-refractivity contribution in [3.05, 3.63) is 70.8 Å². The summed E-state index contributed by atoms with van der Waals surface area (Å²) in [5, 5.41) is 16.9. The zero-order chi connectivity index (χ0) is 33.8. The Morgan fingerprint density at radius 2 is 1.74 bits per heavy atom. The highest BCUT2D eigenvalue weighted by Gasteiger charge is 2.33. The summed E-state index contributed by atoms with van der Waals surface area (Å²) in [7, 11) is 1.49. The minimum atomic E-state index is -1.21. The monoisotopic (exact) mass is 656 g/mol. The number of cyclic esters (lactones) is 2. The summed E-state index contributed by atoms with van der Waals surface area (Å²) >= 11 is 6.29. The van der Waals surface area contributed by atoms with Gasteiger partial charge in [0.25, 0.3) is 0 Å². The van der Waals surface area contributed by atoms with E-state index in [0.29, 0.717) is 16.3 Å². The minimum Gasteiger partial charge on any atom is -0.495 e. The molecule has 3 rings (SSSR count). The molecular weight excluding hydrogens is 612 g/mol. The van der Waals surface area contributed by atoms with Gasteiger partial charge in [-0.3, -0.25) is 14.4 Å². The zero-order valence-corrected chi connectivity index (χ0v) is 27.8. The highest BCUT2D eigenvalue weighted by molar-refractivity contribution is 6.32. The summed E-state index contributed by atoms with van der Waals surface area (Å²) in [5.74, 6) is -3.21. The molecule has 6 unspecified atom stereocenters. The molecule has 1 fully saturated rings. The Bertz CT molecular complexity index is 1370. The molecule has 2 aromatic carbocycles. The van der Waals surface area contributed by atoms with E-state index in [1.54, 1.807) is 25.1 Å². The topological polar surface area (TPSA) is 140 Å². The number of benzene rings is 2. The first kappa shape index (κ1) is 36.6. The van der Waals surface area contributed by atoms with Crippen LogP contribution in [0, 0.1) is 17.8 Å². The van der Waals surface area contributed by atoms with Gasteiger partial charge in [0.1, 0.15) is 17.9 Å². The highest BCUT2D eigenvalue weighted by atomic mass is 35.5. The molecule has 2 amide bonds. The van der Waals surface area contributed by atoms with Gasteiger partial charge in [0.05, 0.1) is 30.6 Å². The fourth-order valence-electron chi connectivity index (χ4n) is 4.93. The molecule has 2 aromatic rings. The molecule has 1 aliphatic rings. The van der Waals surface area contributed by atoms with Gasteiger partial charge in [-0.1, -0.05) is 87.8 Å². The van der Waals surface area contributed by atoms with E-state index in [4.69, 9.17) is 25.8 Å². The van der Waals surface area contributed by atoms with Crippen LogP contribution >= 0.6 is 11.6 Å². The molecule has 0 bridgehead atoms. The van der Waals surface area contributed by atoms with Crippen LogP contribution in [0.25, 0.3) is 6.08 Å². The van der Waals surface area contributed by atoms with Gasteiger partial charge in [0, 0.05) is 25.3 Å². The number of amides is 2. The number of methoxy groups -OCH3 is 1. The van der Waals surface area contributed by atoms with Crippen LogP contribution in [0.2, 0.25) is 5.02 Å². The van der Waals surface area contributed by atoms with Gasteiger partial charge in [-0.2, -0.15) is 0 Å². The Hall–Kier alpha value is -3.89. The van der Waals surface area contributed by atoms with Crippen LogP contribution in [-0.4, -0.2) is 66.9 Å². The first-order valence-electron chi connectivity index (χ1n) is 15.6. The van der Waals surface area contributed by atoms with E-state index in [1.807, 2.05) is 63.3 Å². The van der Waals surface area contributed by atoms with E-state index in [9.17, 15) is 24.3 Å². The third-order valence-corrected chi connectivity index (χ3v) is 7.99. The van der Waals surface area contributed by atoms with Crippen molar-refractivity contribution in [3.63, 3.8) is 0 Å². The van der Waals surface area contributed by atoms with Crippen molar-refractivity contribution in [2.75, 3.05) is 13.7 Å². The molecule has 1 aliphatic heterocycles. The smallest absolute Gasteiger partial charge is 0.347 e. The van der Waals surface area contributed by atoms with Gasteiger partial charge in [0.15, 0.2) is 6.10 Å². The molecule has 0 radical (unpaired) electrons. The van der Waals surface area contributed by atoms with Crippen molar-refractivity contribution in [1.82, 2.24) is 10.6 Å². The fraction of sp³-hybridized carbons (Fsp3) is 0.486. The van der Waals surface area contributed by atoms with Crippen molar-refractivity contribution in [3.8, 4) is 5.75 Å². The second kappa shape index (κ2) is 17.7. The third-order valence-electron chi connectivity index (χ3n) is 7.70. The van der Waals surface area contributed by atoms with Crippen molar-refractivity contribution in [2.45, 2.75) is 77.7 Å². The average Bonchev–Trinajstić information content (AvgIpc) is 3.01. The number of ether oxygens (including phenoxy) is 3. The van der Waals surface area contributed by atoms with Gasteiger partial charge < -0.3 is 30.0 Å². The molecule has 1 saturated heterocycles. The number of hydrogen-bond acceptors (Lipinski definition) is 8. The molecule has 10 nitrogen and oxygen atoms in total. The van der Waals surface area contributed by atoms with Gasteiger partial charge >= 0.3 is 11.9 Å². The lowest BCUT2D eigenvalue weighted by molar-refractivity contribution is -0.176. The maximum atomic E-state index is 13.4. The Morgan fingerprint density at radius 1 is 1.02 bits per heavy atom. The number of aliphatic hydroxyl groups excluding tert-OH is 1. The lowest BCUT2D eigenvalue weighted by Crippen LogP contribution is -2.50. The number of carbonyl (C=O) groups excluding carboxylic acids is 4. The highest BCUT2D eigenvalue weighted by Crippen LogP contribution is 2.26. The second-order valence-electron chi connectivity index (χ2n) is 12.2. The van der Waals surface area contributed by atoms with Crippen LogP contribution in [0.4, 0.5) is 0 Å². The number of esters is 2. The van der Waals surface area contributed by atoms with E-state index in [1.165, 1.54) is 7.11 Å². The van der Waals surface area contributed by atoms with Crippen molar-refractivity contribution in [1.29, 1.82) is 0 Å². The number of halogens is 1. The summed E-state index contributed by atoms with van der Waals surface area (Å²) in [5.41, 5.74) is 1.62. The summed E-state index contributed by atoms with van der Waals surface area (Å²) in [6.07, 6.45) is 0.369. The van der Waals surface area contributed by atoms with Crippen molar-refractivity contribution >= 4 is 41.4 Å². The molecule has 0 aliphatic carbocycles. The summed E-state index contributed by atoms with van der Waals surface area (Å²) in [6, 6.07) is 13.6. The summed E-state index contributed by atoms with van der Waals surface area (Å²) in [4.78, 5) is 53.1. The van der Waals surface area contributed by atoms with Crippen LogP contribution < -0.4 is 15.4 Å². The first-order valence-corrected chi connectivity index (χ1v) is 16.0. The number of nitrogens with one attached hydrogen (secondary N) is 2. The maximum absolute atomic E-state index is 13.4. The largest absolute Gasteiger partial charge is 0.495 e. The number of aliphatic hydroxyl groups is 1. The fourth-order valence-corrected chi connectivity index (χ4v) is 5.21. The predicted octanol–water partition coefficient (Wildman–Crippen LogP) is 4.50. The van der Waals surface area contributed by atoms with E-state index in [2.05, 4.69) is 10.6 Å². The Labute approximate surface area is 275 Å². The van der Waals surface area contributed by atoms with E-state index >= 15 is 0 Å². The van der Waals surface area contributed by atoms with Crippen molar-refractivity contribution < 1.29 is 38.5 Å². The summed E-state index contributed by atoms with van der Waals surface area (Å²) in [6.45, 7) is 7.08. The molecule has 11 heteroatoms. The molecular formula is C35H45ClN2O8. The van der Waals surface area contributed by atoms with Gasteiger partial charge in [0.2, 0.25) is 11.8 Å². The molecule has 250 valence electrons. The van der Waals surface area contributed by atoms with Crippen LogP contribution in [0.15, 0.2) is 54.6 Å². The lowest BCUT2D eigenvalue weighted by Gasteiger charge is -2.28.